The molecule has 88 valence electrons. The molecule has 1 atom stereocenters. The number of carbonyl (C=O) groups excluding carboxylic acids is 1. The van der Waals surface area contributed by atoms with Crippen molar-refractivity contribution in [2.24, 2.45) is 11.7 Å². The predicted molar refractivity (Wildman–Crippen MR) is 69.8 cm³/mol. The minimum absolute atomic E-state index is 0.0173. The summed E-state index contributed by atoms with van der Waals surface area (Å²) in [5.41, 5.74) is 5.99. The maximum absolute atomic E-state index is 11.9. The summed E-state index contributed by atoms with van der Waals surface area (Å²) in [4.78, 5) is 18.1. The SMILES string of the molecule is Cc1nc(C(=O)N(C)CC(C)C(N)=S)cs1. The monoisotopic (exact) mass is 257 g/mol. The fraction of sp³-hybridized carbons (Fsp3) is 0.500. The summed E-state index contributed by atoms with van der Waals surface area (Å²) >= 11 is 6.34. The Morgan fingerprint density at radius 3 is 2.81 bits per heavy atom. The van der Waals surface area contributed by atoms with Crippen LogP contribution in [0, 0.1) is 12.8 Å². The molecule has 0 aliphatic heterocycles. The highest BCUT2D eigenvalue weighted by Crippen LogP contribution is 2.10. The highest BCUT2D eigenvalue weighted by Gasteiger charge is 2.17. The number of thiazole rings is 1. The van der Waals surface area contributed by atoms with Crippen molar-refractivity contribution in [1.29, 1.82) is 0 Å². The van der Waals surface area contributed by atoms with Crippen molar-refractivity contribution in [2.75, 3.05) is 13.6 Å². The molecular formula is C10H15N3OS2. The van der Waals surface area contributed by atoms with Gasteiger partial charge in [-0.25, -0.2) is 4.98 Å². The van der Waals surface area contributed by atoms with E-state index in [1.54, 1.807) is 17.3 Å². The maximum Gasteiger partial charge on any atom is 0.273 e. The van der Waals surface area contributed by atoms with Crippen molar-refractivity contribution >= 4 is 34.5 Å². The van der Waals surface area contributed by atoms with Gasteiger partial charge in [-0.3, -0.25) is 4.79 Å². The fourth-order valence-corrected chi connectivity index (χ4v) is 1.90. The Kier molecular flexibility index (Phi) is 4.37. The largest absolute Gasteiger partial charge is 0.393 e. The summed E-state index contributed by atoms with van der Waals surface area (Å²) in [6.45, 7) is 4.29. The minimum Gasteiger partial charge on any atom is -0.393 e. The maximum atomic E-state index is 11.9. The van der Waals surface area contributed by atoms with E-state index in [2.05, 4.69) is 4.98 Å². The molecule has 1 rings (SSSR count). The van der Waals surface area contributed by atoms with Crippen LogP contribution in [-0.4, -0.2) is 34.4 Å². The number of nitrogens with zero attached hydrogens (tertiary/aromatic N) is 2. The van der Waals surface area contributed by atoms with E-state index in [4.69, 9.17) is 18.0 Å². The Morgan fingerprint density at radius 2 is 2.38 bits per heavy atom. The number of aromatic nitrogens is 1. The van der Waals surface area contributed by atoms with Gasteiger partial charge in [0.25, 0.3) is 5.91 Å². The van der Waals surface area contributed by atoms with Crippen molar-refractivity contribution < 1.29 is 4.79 Å². The van der Waals surface area contributed by atoms with Crippen molar-refractivity contribution in [1.82, 2.24) is 9.88 Å². The average molecular weight is 257 g/mol. The summed E-state index contributed by atoms with van der Waals surface area (Å²) in [5, 5.41) is 2.65. The van der Waals surface area contributed by atoms with Crippen molar-refractivity contribution in [3.05, 3.63) is 16.1 Å². The van der Waals surface area contributed by atoms with Gasteiger partial charge in [-0.2, -0.15) is 0 Å². The van der Waals surface area contributed by atoms with E-state index in [9.17, 15) is 4.79 Å². The van der Waals surface area contributed by atoms with Gasteiger partial charge in [-0.15, -0.1) is 11.3 Å². The lowest BCUT2D eigenvalue weighted by Gasteiger charge is -2.19. The number of carbonyl (C=O) groups is 1. The van der Waals surface area contributed by atoms with E-state index in [0.29, 0.717) is 17.2 Å². The first-order chi connectivity index (χ1) is 7.41. The topological polar surface area (TPSA) is 59.2 Å². The van der Waals surface area contributed by atoms with Crippen LogP contribution >= 0.6 is 23.6 Å². The predicted octanol–water partition coefficient (Wildman–Crippen LogP) is 1.45. The third-order valence-corrected chi connectivity index (χ3v) is 3.39. The second-order valence-electron chi connectivity index (χ2n) is 3.74. The van der Waals surface area contributed by atoms with Gasteiger partial charge in [-0.05, 0) is 6.92 Å². The lowest BCUT2D eigenvalue weighted by Crippen LogP contribution is -2.35. The first-order valence-corrected chi connectivity index (χ1v) is 6.17. The smallest absolute Gasteiger partial charge is 0.273 e. The number of amides is 1. The van der Waals surface area contributed by atoms with E-state index in [-0.39, 0.29) is 11.8 Å². The summed E-state index contributed by atoms with van der Waals surface area (Å²) in [7, 11) is 1.73. The van der Waals surface area contributed by atoms with Gasteiger partial charge >= 0.3 is 0 Å². The summed E-state index contributed by atoms with van der Waals surface area (Å²) in [5.74, 6) is -0.0730. The lowest BCUT2D eigenvalue weighted by molar-refractivity contribution is 0.0782. The van der Waals surface area contributed by atoms with E-state index >= 15 is 0 Å². The lowest BCUT2D eigenvalue weighted by atomic mass is 10.1. The minimum atomic E-state index is -0.0903. The highest BCUT2D eigenvalue weighted by atomic mass is 32.1. The Balaban J connectivity index is 2.64. The number of hydrogen-bond acceptors (Lipinski definition) is 4. The molecule has 0 aromatic carbocycles. The third kappa shape index (κ3) is 3.24. The second kappa shape index (κ2) is 5.36. The van der Waals surface area contributed by atoms with Gasteiger partial charge in [0.2, 0.25) is 0 Å². The van der Waals surface area contributed by atoms with Gasteiger partial charge in [0.15, 0.2) is 0 Å². The van der Waals surface area contributed by atoms with Crippen LogP contribution in [0.3, 0.4) is 0 Å². The van der Waals surface area contributed by atoms with Crippen LogP contribution in [0.4, 0.5) is 0 Å². The van der Waals surface area contributed by atoms with Gasteiger partial charge in [0.1, 0.15) is 5.69 Å². The molecule has 1 amide bonds. The zero-order valence-electron chi connectivity index (χ0n) is 9.56. The van der Waals surface area contributed by atoms with E-state index < -0.39 is 0 Å². The zero-order valence-corrected chi connectivity index (χ0v) is 11.2. The van der Waals surface area contributed by atoms with Crippen LogP contribution in [0.15, 0.2) is 5.38 Å². The van der Waals surface area contributed by atoms with Crippen molar-refractivity contribution in [3.8, 4) is 0 Å². The number of hydrogen-bond donors (Lipinski definition) is 1. The molecule has 16 heavy (non-hydrogen) atoms. The molecule has 6 heteroatoms. The molecule has 1 heterocycles. The Labute approximate surface area is 104 Å². The first kappa shape index (κ1) is 13.1. The first-order valence-electron chi connectivity index (χ1n) is 4.88. The Bertz CT molecular complexity index is 403. The van der Waals surface area contributed by atoms with E-state index in [1.807, 2.05) is 13.8 Å². The Morgan fingerprint density at radius 1 is 1.75 bits per heavy atom. The van der Waals surface area contributed by atoms with Crippen LogP contribution in [0.25, 0.3) is 0 Å². The molecule has 1 aromatic rings. The van der Waals surface area contributed by atoms with Crippen molar-refractivity contribution in [2.45, 2.75) is 13.8 Å². The molecule has 2 N–H and O–H groups in total. The summed E-state index contributed by atoms with van der Waals surface area (Å²) in [6, 6.07) is 0. The van der Waals surface area contributed by atoms with Gasteiger partial charge in [0.05, 0.1) is 10.00 Å². The van der Waals surface area contributed by atoms with Gasteiger partial charge < -0.3 is 10.6 Å². The van der Waals surface area contributed by atoms with Crippen LogP contribution < -0.4 is 5.73 Å². The molecule has 0 radical (unpaired) electrons. The molecule has 1 aromatic heterocycles. The molecule has 0 fully saturated rings. The van der Waals surface area contributed by atoms with Crippen molar-refractivity contribution in [3.63, 3.8) is 0 Å². The summed E-state index contributed by atoms with van der Waals surface area (Å²) in [6.07, 6.45) is 0. The fourth-order valence-electron chi connectivity index (χ4n) is 1.24. The van der Waals surface area contributed by atoms with Crippen LogP contribution in [0.1, 0.15) is 22.4 Å². The third-order valence-electron chi connectivity index (χ3n) is 2.22. The van der Waals surface area contributed by atoms with Gasteiger partial charge in [-0.1, -0.05) is 19.1 Å². The standard InChI is InChI=1S/C10H15N3OS2/c1-6(9(11)15)4-13(3)10(14)8-5-16-7(2)12-8/h5-6H,4H2,1-3H3,(H2,11,15). The Hall–Kier alpha value is -1.01. The van der Waals surface area contributed by atoms with Crippen LogP contribution in [-0.2, 0) is 0 Å². The number of nitrogens with two attached hydrogens (primary N) is 1. The molecule has 0 aliphatic carbocycles. The molecule has 0 aliphatic rings. The average Bonchev–Trinajstić information content (AvgIpc) is 2.63. The number of aryl methyl sites for hydroxylation is 1. The van der Waals surface area contributed by atoms with Crippen LogP contribution in [0.5, 0.6) is 0 Å². The molecule has 1 unspecified atom stereocenters. The molecular weight excluding hydrogens is 242 g/mol. The van der Waals surface area contributed by atoms with Gasteiger partial charge in [0, 0.05) is 24.9 Å². The van der Waals surface area contributed by atoms with E-state index in [0.717, 1.165) is 5.01 Å². The number of rotatable bonds is 4. The second-order valence-corrected chi connectivity index (χ2v) is 5.27. The van der Waals surface area contributed by atoms with E-state index in [1.165, 1.54) is 11.3 Å². The highest BCUT2D eigenvalue weighted by molar-refractivity contribution is 7.80. The molecule has 4 nitrogen and oxygen atoms in total. The molecule has 0 saturated carbocycles. The molecule has 0 bridgehead atoms. The quantitative estimate of drug-likeness (QED) is 0.829. The van der Waals surface area contributed by atoms with Crippen LogP contribution in [0.2, 0.25) is 0 Å². The normalized spacial score (nSPS) is 12.2. The molecule has 0 saturated heterocycles. The molecule has 0 spiro atoms. The zero-order chi connectivity index (χ0) is 12.3. The summed E-state index contributed by atoms with van der Waals surface area (Å²) < 4.78 is 0. The number of thiocarbonyl (C=S) groups is 1.